The van der Waals surface area contributed by atoms with Crippen LogP contribution in [0.1, 0.15) is 10.4 Å². The molecule has 0 bridgehead atoms. The van der Waals surface area contributed by atoms with Crippen LogP contribution in [-0.2, 0) is 0 Å². The molecule has 0 unspecified atom stereocenters. The lowest BCUT2D eigenvalue weighted by Gasteiger charge is -2.04. The fourth-order valence-corrected chi connectivity index (χ4v) is 2.63. The number of hydrogen-bond acceptors (Lipinski definition) is 4. The molecule has 0 saturated carbocycles. The van der Waals surface area contributed by atoms with E-state index in [1.165, 1.54) is 18.0 Å². The van der Waals surface area contributed by atoms with Gasteiger partial charge in [0.25, 0.3) is 0 Å². The average Bonchev–Trinajstić information content (AvgIpc) is 2.40. The van der Waals surface area contributed by atoms with Crippen molar-refractivity contribution in [1.82, 2.24) is 4.98 Å². The first-order chi connectivity index (χ1) is 9.06. The van der Waals surface area contributed by atoms with Crippen LogP contribution in [0.5, 0.6) is 0 Å². The lowest BCUT2D eigenvalue weighted by Crippen LogP contribution is -2.07. The molecular formula is C13H10BrClN2OS. The Hall–Kier alpha value is -1.04. The monoisotopic (exact) mass is 356 g/mol. The zero-order chi connectivity index (χ0) is 13.8. The maximum absolute atomic E-state index is 12.0. The molecule has 98 valence electrons. The number of hydrogen-bond donors (Lipinski definition) is 1. The Bertz CT molecular complexity index is 604. The molecule has 2 aromatic rings. The molecule has 0 spiro atoms. The first kappa shape index (κ1) is 14.4. The minimum absolute atomic E-state index is 0.0829. The second-order valence-corrected chi connectivity index (χ2v) is 6.15. The van der Waals surface area contributed by atoms with Gasteiger partial charge in [-0.15, -0.1) is 11.8 Å². The molecule has 0 aliphatic heterocycles. The average molecular weight is 358 g/mol. The highest BCUT2D eigenvalue weighted by atomic mass is 79.9. The molecule has 2 rings (SSSR count). The zero-order valence-electron chi connectivity index (χ0n) is 9.77. The van der Waals surface area contributed by atoms with E-state index >= 15 is 0 Å². The van der Waals surface area contributed by atoms with E-state index in [0.717, 1.165) is 9.37 Å². The fraction of sp³-hybridized carbons (Fsp3) is 0.0769. The summed E-state index contributed by atoms with van der Waals surface area (Å²) in [5.74, 6) is 0.430. The summed E-state index contributed by atoms with van der Waals surface area (Å²) in [6, 6.07) is 9.31. The van der Waals surface area contributed by atoms with Crippen LogP contribution in [0.3, 0.4) is 0 Å². The molecule has 0 atom stereocenters. The van der Waals surface area contributed by atoms with Crippen LogP contribution < -0.4 is 5.73 Å². The van der Waals surface area contributed by atoms with E-state index in [1.807, 2.05) is 24.3 Å². The zero-order valence-corrected chi connectivity index (χ0v) is 12.9. The number of carbonyl (C=O) groups is 1. The Morgan fingerprint density at radius 2 is 2.05 bits per heavy atom. The van der Waals surface area contributed by atoms with E-state index < -0.39 is 0 Å². The number of thioether (sulfide) groups is 1. The quantitative estimate of drug-likeness (QED) is 0.662. The maximum atomic E-state index is 12.0. The second kappa shape index (κ2) is 6.41. The van der Waals surface area contributed by atoms with Crippen molar-refractivity contribution < 1.29 is 4.79 Å². The first-order valence-corrected chi connectivity index (χ1v) is 7.54. The Kier molecular flexibility index (Phi) is 4.85. The third-order valence-electron chi connectivity index (χ3n) is 2.37. The first-order valence-electron chi connectivity index (χ1n) is 5.39. The normalized spacial score (nSPS) is 10.4. The summed E-state index contributed by atoms with van der Waals surface area (Å²) < 4.78 is 1.01. The molecule has 0 aliphatic carbocycles. The Morgan fingerprint density at radius 3 is 2.74 bits per heavy atom. The molecule has 2 N–H and O–H groups in total. The van der Waals surface area contributed by atoms with Gasteiger partial charge in [0.05, 0.1) is 16.3 Å². The molecule has 6 heteroatoms. The van der Waals surface area contributed by atoms with E-state index in [-0.39, 0.29) is 11.6 Å². The largest absolute Gasteiger partial charge is 0.383 e. The van der Waals surface area contributed by atoms with Crippen molar-refractivity contribution in [2.24, 2.45) is 0 Å². The molecule has 0 amide bonds. The van der Waals surface area contributed by atoms with Crippen molar-refractivity contribution in [1.29, 1.82) is 0 Å². The molecule has 1 heterocycles. The van der Waals surface area contributed by atoms with Gasteiger partial charge in [0.15, 0.2) is 5.78 Å². The number of ketones is 1. The summed E-state index contributed by atoms with van der Waals surface area (Å²) in [6.07, 6.45) is 1.43. The summed E-state index contributed by atoms with van der Waals surface area (Å²) in [7, 11) is 0. The van der Waals surface area contributed by atoms with Crippen molar-refractivity contribution in [3.63, 3.8) is 0 Å². The summed E-state index contributed by atoms with van der Waals surface area (Å²) in [4.78, 5) is 16.9. The van der Waals surface area contributed by atoms with E-state index in [4.69, 9.17) is 17.3 Å². The number of halogens is 2. The van der Waals surface area contributed by atoms with Gasteiger partial charge in [-0.3, -0.25) is 4.79 Å². The molecule has 0 aliphatic rings. The van der Waals surface area contributed by atoms with Crippen molar-refractivity contribution in [3.8, 4) is 0 Å². The number of carbonyl (C=O) groups excluding carboxylic acids is 1. The number of pyridine rings is 1. The van der Waals surface area contributed by atoms with Crippen LogP contribution in [-0.4, -0.2) is 16.5 Å². The second-order valence-electron chi connectivity index (χ2n) is 3.75. The number of aromatic nitrogens is 1. The Labute approximate surface area is 128 Å². The minimum atomic E-state index is -0.0829. The Morgan fingerprint density at radius 1 is 1.37 bits per heavy atom. The molecule has 0 saturated heterocycles. The third-order valence-corrected chi connectivity index (χ3v) is 4.12. The van der Waals surface area contributed by atoms with Gasteiger partial charge in [-0.25, -0.2) is 4.98 Å². The number of anilines is 1. The van der Waals surface area contributed by atoms with E-state index in [0.29, 0.717) is 16.3 Å². The van der Waals surface area contributed by atoms with E-state index in [9.17, 15) is 4.79 Å². The molecule has 19 heavy (non-hydrogen) atoms. The van der Waals surface area contributed by atoms with E-state index in [1.54, 1.807) is 6.07 Å². The summed E-state index contributed by atoms with van der Waals surface area (Å²) in [6.45, 7) is 0. The van der Waals surface area contributed by atoms with Crippen LogP contribution in [0.15, 0.2) is 45.9 Å². The number of Topliss-reactive ketones (excluding diaryl/α,β-unsaturated/α-hetero) is 1. The van der Waals surface area contributed by atoms with Crippen LogP contribution in [0, 0.1) is 0 Å². The van der Waals surface area contributed by atoms with E-state index in [2.05, 4.69) is 20.9 Å². The number of rotatable bonds is 4. The van der Waals surface area contributed by atoms with Gasteiger partial charge < -0.3 is 5.73 Å². The highest BCUT2D eigenvalue weighted by Gasteiger charge is 2.12. The van der Waals surface area contributed by atoms with Gasteiger partial charge in [0, 0.05) is 15.6 Å². The van der Waals surface area contributed by atoms with Crippen LogP contribution >= 0.6 is 39.3 Å². The predicted molar refractivity (Wildman–Crippen MR) is 82.9 cm³/mol. The molecule has 3 nitrogen and oxygen atoms in total. The van der Waals surface area contributed by atoms with Gasteiger partial charge in [0.1, 0.15) is 5.82 Å². The highest BCUT2D eigenvalue weighted by molar-refractivity contribution is 9.10. The van der Waals surface area contributed by atoms with Gasteiger partial charge in [-0.1, -0.05) is 27.5 Å². The molecular weight excluding hydrogens is 348 g/mol. The van der Waals surface area contributed by atoms with Crippen LogP contribution in [0.2, 0.25) is 5.02 Å². The number of benzene rings is 1. The van der Waals surface area contributed by atoms with Gasteiger partial charge in [0.2, 0.25) is 0 Å². The van der Waals surface area contributed by atoms with Crippen molar-refractivity contribution in [2.45, 2.75) is 4.90 Å². The van der Waals surface area contributed by atoms with Crippen LogP contribution in [0.4, 0.5) is 5.82 Å². The highest BCUT2D eigenvalue weighted by Crippen LogP contribution is 2.23. The van der Waals surface area contributed by atoms with Crippen molar-refractivity contribution in [3.05, 3.63) is 51.6 Å². The third kappa shape index (κ3) is 3.96. The standard InChI is InChI=1S/C13H10BrClN2OS/c14-8-1-3-10(4-2-8)19-7-12(18)11-5-9(15)6-17-13(11)16/h1-6H,7H2,(H2,16,17). The predicted octanol–water partition coefficient (Wildman–Crippen LogP) is 4.05. The summed E-state index contributed by atoms with van der Waals surface area (Å²) in [5, 5.41) is 0.409. The van der Waals surface area contributed by atoms with Gasteiger partial charge in [-0.2, -0.15) is 0 Å². The number of nitrogens with zero attached hydrogens (tertiary/aromatic N) is 1. The fourth-order valence-electron chi connectivity index (χ4n) is 1.43. The molecule has 0 fully saturated rings. The SMILES string of the molecule is Nc1ncc(Cl)cc1C(=O)CSc1ccc(Br)cc1. The maximum Gasteiger partial charge on any atom is 0.176 e. The van der Waals surface area contributed by atoms with Crippen LogP contribution in [0.25, 0.3) is 0 Å². The van der Waals surface area contributed by atoms with Crippen molar-refractivity contribution >= 4 is 50.9 Å². The summed E-state index contributed by atoms with van der Waals surface area (Å²) >= 11 is 10.6. The lowest BCUT2D eigenvalue weighted by atomic mass is 10.2. The number of nitrogen functional groups attached to an aromatic ring is 1. The smallest absolute Gasteiger partial charge is 0.176 e. The molecule has 1 aromatic carbocycles. The van der Waals surface area contributed by atoms with Gasteiger partial charge in [-0.05, 0) is 30.3 Å². The topological polar surface area (TPSA) is 56.0 Å². The minimum Gasteiger partial charge on any atom is -0.383 e. The summed E-state index contributed by atoms with van der Waals surface area (Å²) in [5.41, 5.74) is 6.05. The number of nitrogens with two attached hydrogens (primary N) is 1. The Balaban J connectivity index is 2.05. The molecule has 0 radical (unpaired) electrons. The lowest BCUT2D eigenvalue weighted by molar-refractivity contribution is 0.102. The van der Waals surface area contributed by atoms with Gasteiger partial charge >= 0.3 is 0 Å². The molecule has 1 aromatic heterocycles. The van der Waals surface area contributed by atoms with Crippen molar-refractivity contribution in [2.75, 3.05) is 11.5 Å².